The van der Waals surface area contributed by atoms with Crippen LogP contribution in [0, 0.1) is 5.92 Å². The minimum Gasteiger partial charge on any atom is -0.497 e. The average molecular weight is 408 g/mol. The van der Waals surface area contributed by atoms with Gasteiger partial charge in [0.2, 0.25) is 0 Å². The van der Waals surface area contributed by atoms with Crippen LogP contribution in [0.3, 0.4) is 0 Å². The summed E-state index contributed by atoms with van der Waals surface area (Å²) >= 11 is 0. The number of carbonyl (C=O) groups is 1. The van der Waals surface area contributed by atoms with Gasteiger partial charge in [-0.1, -0.05) is 26.0 Å². The topological polar surface area (TPSA) is 90.7 Å². The van der Waals surface area contributed by atoms with Gasteiger partial charge >= 0.3 is 5.97 Å². The molecule has 0 fully saturated rings. The third kappa shape index (κ3) is 4.20. The molecule has 0 saturated carbocycles. The molecular formula is C23H24N2O5. The number of benzene rings is 2. The summed E-state index contributed by atoms with van der Waals surface area (Å²) in [6.45, 7) is 4.20. The molecule has 0 aliphatic heterocycles. The van der Waals surface area contributed by atoms with Crippen LogP contribution >= 0.6 is 0 Å². The molecule has 7 heteroatoms. The maximum atomic E-state index is 13.0. The van der Waals surface area contributed by atoms with Crippen LogP contribution < -0.4 is 15.0 Å². The molecule has 1 heterocycles. The van der Waals surface area contributed by atoms with Gasteiger partial charge in [-0.05, 0) is 47.9 Å². The maximum absolute atomic E-state index is 13.0. The zero-order valence-electron chi connectivity index (χ0n) is 17.4. The lowest BCUT2D eigenvalue weighted by atomic mass is 9.95. The number of rotatable bonds is 7. The third-order valence-electron chi connectivity index (χ3n) is 4.65. The molecule has 0 spiro atoms. The highest BCUT2D eigenvalue weighted by Gasteiger charge is 2.25. The summed E-state index contributed by atoms with van der Waals surface area (Å²) < 4.78 is 11.7. The van der Waals surface area contributed by atoms with Gasteiger partial charge in [-0.25, -0.2) is 9.48 Å². The monoisotopic (exact) mass is 408 g/mol. The van der Waals surface area contributed by atoms with Crippen LogP contribution in [0.2, 0.25) is 0 Å². The van der Waals surface area contributed by atoms with Gasteiger partial charge in [0, 0.05) is 17.7 Å². The van der Waals surface area contributed by atoms with Crippen molar-refractivity contribution >= 4 is 5.97 Å². The first-order chi connectivity index (χ1) is 14.3. The zero-order chi connectivity index (χ0) is 21.8. The van der Waals surface area contributed by atoms with Crippen molar-refractivity contribution in [2.45, 2.75) is 20.4 Å². The Labute approximate surface area is 174 Å². The van der Waals surface area contributed by atoms with E-state index in [-0.39, 0.29) is 17.0 Å². The lowest BCUT2D eigenvalue weighted by molar-refractivity contribution is 0.0694. The average Bonchev–Trinajstić information content (AvgIpc) is 2.74. The second kappa shape index (κ2) is 8.82. The molecular weight excluding hydrogens is 384 g/mol. The van der Waals surface area contributed by atoms with Crippen molar-refractivity contribution in [2.75, 3.05) is 14.2 Å². The Hall–Kier alpha value is -3.61. The van der Waals surface area contributed by atoms with Gasteiger partial charge < -0.3 is 14.6 Å². The Kier molecular flexibility index (Phi) is 6.20. The van der Waals surface area contributed by atoms with E-state index in [2.05, 4.69) is 5.10 Å². The van der Waals surface area contributed by atoms with E-state index >= 15 is 0 Å². The van der Waals surface area contributed by atoms with Crippen molar-refractivity contribution in [1.82, 2.24) is 9.78 Å². The smallest absolute Gasteiger partial charge is 0.342 e. The molecule has 0 aliphatic carbocycles. The molecule has 0 saturated heterocycles. The van der Waals surface area contributed by atoms with Crippen molar-refractivity contribution < 1.29 is 19.4 Å². The zero-order valence-corrected chi connectivity index (χ0v) is 17.4. The molecule has 1 N–H and O–H groups in total. The van der Waals surface area contributed by atoms with Gasteiger partial charge in [-0.2, -0.15) is 5.10 Å². The van der Waals surface area contributed by atoms with E-state index in [0.29, 0.717) is 34.9 Å². The Morgan fingerprint density at radius 1 is 0.967 bits per heavy atom. The van der Waals surface area contributed by atoms with Crippen molar-refractivity contribution in [3.05, 3.63) is 64.4 Å². The molecule has 3 aromatic rings. The van der Waals surface area contributed by atoms with Gasteiger partial charge in [0.25, 0.3) is 5.56 Å². The van der Waals surface area contributed by atoms with Gasteiger partial charge in [-0.3, -0.25) is 4.79 Å². The molecule has 0 atom stereocenters. The van der Waals surface area contributed by atoms with Crippen molar-refractivity contribution in [3.63, 3.8) is 0 Å². The van der Waals surface area contributed by atoms with Crippen LogP contribution in [0.5, 0.6) is 11.5 Å². The van der Waals surface area contributed by atoms with E-state index in [1.807, 2.05) is 13.8 Å². The van der Waals surface area contributed by atoms with E-state index in [9.17, 15) is 14.7 Å². The van der Waals surface area contributed by atoms with Crippen LogP contribution in [0.15, 0.2) is 53.3 Å². The number of aromatic carboxylic acids is 1. The normalized spacial score (nSPS) is 10.8. The molecule has 0 aliphatic rings. The molecule has 0 amide bonds. The van der Waals surface area contributed by atoms with Crippen molar-refractivity contribution in [2.24, 2.45) is 5.92 Å². The molecule has 2 aromatic carbocycles. The lowest BCUT2D eigenvalue weighted by Crippen LogP contribution is -2.31. The molecule has 0 unspecified atom stereocenters. The summed E-state index contributed by atoms with van der Waals surface area (Å²) in [6, 6.07) is 14.0. The quantitative estimate of drug-likeness (QED) is 0.637. The molecule has 156 valence electrons. The van der Waals surface area contributed by atoms with Gasteiger partial charge in [-0.15, -0.1) is 0 Å². The molecule has 7 nitrogen and oxygen atoms in total. The first-order valence-corrected chi connectivity index (χ1v) is 9.53. The Balaban J connectivity index is 2.36. The second-order valence-corrected chi connectivity index (χ2v) is 7.24. The predicted octanol–water partition coefficient (Wildman–Crippen LogP) is 3.95. The maximum Gasteiger partial charge on any atom is 0.342 e. The number of hydrogen-bond donors (Lipinski definition) is 1. The Morgan fingerprint density at radius 3 is 1.90 bits per heavy atom. The van der Waals surface area contributed by atoms with Gasteiger partial charge in [0.15, 0.2) is 0 Å². The van der Waals surface area contributed by atoms with E-state index in [4.69, 9.17) is 9.47 Å². The van der Waals surface area contributed by atoms with Crippen LogP contribution in [0.25, 0.3) is 22.4 Å². The predicted molar refractivity (Wildman–Crippen MR) is 114 cm³/mol. The number of aromatic nitrogens is 2. The van der Waals surface area contributed by atoms with Crippen molar-refractivity contribution in [1.29, 1.82) is 0 Å². The first-order valence-electron chi connectivity index (χ1n) is 9.53. The molecule has 0 radical (unpaired) electrons. The summed E-state index contributed by atoms with van der Waals surface area (Å²) in [7, 11) is 3.12. The summed E-state index contributed by atoms with van der Waals surface area (Å²) in [5, 5.41) is 14.5. The molecule has 0 bridgehead atoms. The number of carboxylic acid groups (broad SMARTS) is 1. The first kappa shape index (κ1) is 21.1. The second-order valence-electron chi connectivity index (χ2n) is 7.24. The van der Waals surface area contributed by atoms with E-state index in [0.717, 1.165) is 0 Å². The van der Waals surface area contributed by atoms with Crippen LogP contribution in [-0.2, 0) is 6.54 Å². The fourth-order valence-electron chi connectivity index (χ4n) is 3.23. The van der Waals surface area contributed by atoms with Crippen LogP contribution in [0.4, 0.5) is 0 Å². The SMILES string of the molecule is COc1ccc(-c2nn(CC(C)C)c(=O)c(C(=O)O)c2-c2ccc(OC)cc2)cc1. The standard InChI is InChI=1S/C23H24N2O5/c1-14(2)13-25-22(26)20(23(27)28)19(15-5-9-17(29-3)10-6-15)21(24-25)16-7-11-18(30-4)12-8-16/h5-12,14H,13H2,1-4H3,(H,27,28). The molecule has 3 rings (SSSR count). The Morgan fingerprint density at radius 2 is 1.47 bits per heavy atom. The summed E-state index contributed by atoms with van der Waals surface area (Å²) in [4.78, 5) is 25.2. The summed E-state index contributed by atoms with van der Waals surface area (Å²) in [5.41, 5.74) is 1.02. The fraction of sp³-hybridized carbons (Fsp3) is 0.261. The fourth-order valence-corrected chi connectivity index (χ4v) is 3.23. The van der Waals surface area contributed by atoms with E-state index in [1.165, 1.54) is 4.68 Å². The number of carboxylic acids is 1. The minimum absolute atomic E-state index is 0.118. The Bertz CT molecular complexity index is 1100. The summed E-state index contributed by atoms with van der Waals surface area (Å²) in [5.74, 6) is 0.120. The van der Waals surface area contributed by atoms with Gasteiger partial charge in [0.1, 0.15) is 17.1 Å². The third-order valence-corrected chi connectivity index (χ3v) is 4.65. The number of hydrogen-bond acceptors (Lipinski definition) is 5. The van der Waals surface area contributed by atoms with Crippen LogP contribution in [-0.4, -0.2) is 35.1 Å². The number of methoxy groups -OCH3 is 2. The molecule has 30 heavy (non-hydrogen) atoms. The summed E-state index contributed by atoms with van der Waals surface area (Å²) in [6.07, 6.45) is 0. The lowest BCUT2D eigenvalue weighted by Gasteiger charge is -2.17. The van der Waals surface area contributed by atoms with Crippen LogP contribution in [0.1, 0.15) is 24.2 Å². The largest absolute Gasteiger partial charge is 0.497 e. The van der Waals surface area contributed by atoms with E-state index < -0.39 is 11.5 Å². The number of nitrogens with zero attached hydrogens (tertiary/aromatic N) is 2. The highest BCUT2D eigenvalue weighted by atomic mass is 16.5. The highest BCUT2D eigenvalue weighted by Crippen LogP contribution is 2.34. The van der Waals surface area contributed by atoms with Gasteiger partial charge in [0.05, 0.1) is 19.9 Å². The minimum atomic E-state index is -1.29. The highest BCUT2D eigenvalue weighted by molar-refractivity contribution is 5.99. The number of ether oxygens (including phenoxy) is 2. The van der Waals surface area contributed by atoms with Crippen molar-refractivity contribution in [3.8, 4) is 33.9 Å². The van der Waals surface area contributed by atoms with E-state index in [1.54, 1.807) is 62.8 Å². The molecule has 1 aromatic heterocycles.